The van der Waals surface area contributed by atoms with Crippen molar-refractivity contribution in [1.29, 1.82) is 0 Å². The summed E-state index contributed by atoms with van der Waals surface area (Å²) < 4.78 is 19.4. The molecule has 1 aromatic rings. The normalized spacial score (nSPS) is 31.4. The van der Waals surface area contributed by atoms with Crippen molar-refractivity contribution in [2.45, 2.75) is 31.8 Å². The summed E-state index contributed by atoms with van der Waals surface area (Å²) in [5.74, 6) is -3.34. The Balaban J connectivity index is 2.17. The van der Waals surface area contributed by atoms with Gasteiger partial charge in [-0.25, -0.2) is 9.18 Å². The molecule has 0 aliphatic carbocycles. The molecule has 4 atom stereocenters. The molecule has 6 nitrogen and oxygen atoms in total. The van der Waals surface area contributed by atoms with Gasteiger partial charge in [-0.2, -0.15) is 0 Å². The van der Waals surface area contributed by atoms with E-state index in [2.05, 4.69) is 0 Å². The SMILES string of the molecule is CCN1C(=O)[C@H]2[C@@H](C1=O)[C@@](CC)(C(=O)OC)[NH2+][C@H]2c1ccccc1F. The number of imide groups is 1. The molecule has 2 saturated heterocycles. The van der Waals surface area contributed by atoms with Crippen molar-refractivity contribution in [3.63, 3.8) is 0 Å². The van der Waals surface area contributed by atoms with E-state index in [-0.39, 0.29) is 18.4 Å². The van der Waals surface area contributed by atoms with Crippen molar-refractivity contribution in [2.75, 3.05) is 13.7 Å². The molecule has 0 saturated carbocycles. The number of benzene rings is 1. The number of methoxy groups -OCH3 is 1. The van der Waals surface area contributed by atoms with Gasteiger partial charge < -0.3 is 10.1 Å². The van der Waals surface area contributed by atoms with Crippen LogP contribution in [0.15, 0.2) is 24.3 Å². The zero-order valence-electron chi connectivity index (χ0n) is 14.5. The number of hydrogen-bond donors (Lipinski definition) is 1. The van der Waals surface area contributed by atoms with Crippen LogP contribution in [0.5, 0.6) is 0 Å². The van der Waals surface area contributed by atoms with Crippen LogP contribution in [0.1, 0.15) is 31.9 Å². The van der Waals surface area contributed by atoms with Crippen LogP contribution in [0.25, 0.3) is 0 Å². The van der Waals surface area contributed by atoms with Gasteiger partial charge in [0, 0.05) is 18.5 Å². The van der Waals surface area contributed by atoms with Crippen LogP contribution < -0.4 is 5.32 Å². The predicted octanol–water partition coefficient (Wildman–Crippen LogP) is 0.387. The van der Waals surface area contributed by atoms with Gasteiger partial charge in [-0.15, -0.1) is 0 Å². The quantitative estimate of drug-likeness (QED) is 0.630. The van der Waals surface area contributed by atoms with E-state index in [9.17, 15) is 18.8 Å². The third-order valence-corrected chi connectivity index (χ3v) is 5.59. The Hall–Kier alpha value is -2.28. The third kappa shape index (κ3) is 2.29. The number of halogens is 1. The lowest BCUT2D eigenvalue weighted by Crippen LogP contribution is -2.98. The molecule has 2 aliphatic heterocycles. The second-order valence-electron chi connectivity index (χ2n) is 6.52. The first-order chi connectivity index (χ1) is 11.9. The Morgan fingerprint density at radius 3 is 2.52 bits per heavy atom. The first kappa shape index (κ1) is 17.5. The highest BCUT2D eigenvalue weighted by Gasteiger charge is 2.71. The van der Waals surface area contributed by atoms with Crippen molar-refractivity contribution >= 4 is 17.8 Å². The van der Waals surface area contributed by atoms with Gasteiger partial charge in [-0.05, 0) is 13.0 Å². The lowest BCUT2D eigenvalue weighted by molar-refractivity contribution is -0.734. The molecule has 2 aliphatic rings. The van der Waals surface area contributed by atoms with Gasteiger partial charge in [0.05, 0.1) is 7.11 Å². The molecule has 2 fully saturated rings. The van der Waals surface area contributed by atoms with Crippen molar-refractivity contribution < 1.29 is 28.8 Å². The van der Waals surface area contributed by atoms with Crippen LogP contribution in [0, 0.1) is 17.7 Å². The average Bonchev–Trinajstić information content (AvgIpc) is 3.09. The Kier molecular flexibility index (Phi) is 4.36. The summed E-state index contributed by atoms with van der Waals surface area (Å²) in [4.78, 5) is 39.5. The van der Waals surface area contributed by atoms with Crippen LogP contribution in [0.4, 0.5) is 4.39 Å². The first-order valence-corrected chi connectivity index (χ1v) is 8.47. The molecule has 1 aromatic carbocycles. The van der Waals surface area contributed by atoms with Gasteiger partial charge in [0.15, 0.2) is 0 Å². The molecule has 0 aromatic heterocycles. The number of nitrogens with two attached hydrogens (primary N) is 1. The van der Waals surface area contributed by atoms with Crippen LogP contribution >= 0.6 is 0 Å². The van der Waals surface area contributed by atoms with Crippen LogP contribution in [0.3, 0.4) is 0 Å². The number of quaternary nitrogens is 1. The number of hydrogen-bond acceptors (Lipinski definition) is 4. The Morgan fingerprint density at radius 1 is 1.28 bits per heavy atom. The summed E-state index contributed by atoms with van der Waals surface area (Å²) in [5.41, 5.74) is -0.890. The molecule has 0 unspecified atom stereocenters. The molecule has 134 valence electrons. The highest BCUT2D eigenvalue weighted by atomic mass is 19.1. The van der Waals surface area contributed by atoms with Gasteiger partial charge in [0.25, 0.3) is 0 Å². The molecular weight excluding hydrogens is 327 g/mol. The number of carbonyl (C=O) groups excluding carboxylic acids is 3. The van der Waals surface area contributed by atoms with Crippen molar-refractivity contribution in [1.82, 2.24) is 4.90 Å². The molecule has 7 heteroatoms. The van der Waals surface area contributed by atoms with Crippen LogP contribution in [0.2, 0.25) is 0 Å². The molecule has 2 amide bonds. The maximum Gasteiger partial charge on any atom is 0.368 e. The fourth-order valence-corrected chi connectivity index (χ4v) is 4.39. The van der Waals surface area contributed by atoms with Gasteiger partial charge >= 0.3 is 5.97 Å². The van der Waals surface area contributed by atoms with E-state index in [1.807, 2.05) is 0 Å². The summed E-state index contributed by atoms with van der Waals surface area (Å²) in [5, 5.41) is 1.66. The highest BCUT2D eigenvalue weighted by Crippen LogP contribution is 2.45. The van der Waals surface area contributed by atoms with Gasteiger partial charge in [-0.3, -0.25) is 14.5 Å². The van der Waals surface area contributed by atoms with Crippen molar-refractivity contribution in [3.05, 3.63) is 35.6 Å². The lowest BCUT2D eigenvalue weighted by atomic mass is 9.78. The number of likely N-dealkylation sites (tertiary alicyclic amines) is 1. The summed E-state index contributed by atoms with van der Waals surface area (Å²) in [6.45, 7) is 3.72. The summed E-state index contributed by atoms with van der Waals surface area (Å²) in [6, 6.07) is 5.53. The smallest absolute Gasteiger partial charge is 0.368 e. The lowest BCUT2D eigenvalue weighted by Gasteiger charge is -2.28. The molecule has 2 heterocycles. The van der Waals surface area contributed by atoms with E-state index in [4.69, 9.17) is 4.74 Å². The van der Waals surface area contributed by atoms with E-state index >= 15 is 0 Å². The van der Waals surface area contributed by atoms with E-state index in [0.29, 0.717) is 12.0 Å². The van der Waals surface area contributed by atoms with E-state index < -0.39 is 35.2 Å². The van der Waals surface area contributed by atoms with Gasteiger partial charge in [0.2, 0.25) is 17.4 Å². The molecule has 0 bridgehead atoms. The number of esters is 1. The summed E-state index contributed by atoms with van der Waals surface area (Å²) in [7, 11) is 1.26. The number of rotatable bonds is 4. The standard InChI is InChI=1S/C18H21FN2O4/c1-4-18(17(24)25-3)13-12(15(22)21(5-2)16(13)23)14(20-18)10-8-6-7-9-11(10)19/h6-9,12-14,20H,4-5H2,1-3H3/p+1/t12-,13-,14-,18-/m0/s1. The number of nitrogens with zero attached hydrogens (tertiary/aromatic N) is 1. The van der Waals surface area contributed by atoms with Gasteiger partial charge in [-0.1, -0.05) is 25.1 Å². The minimum Gasteiger partial charge on any atom is -0.464 e. The first-order valence-electron chi connectivity index (χ1n) is 8.47. The Morgan fingerprint density at radius 2 is 1.96 bits per heavy atom. The molecule has 0 radical (unpaired) electrons. The zero-order chi connectivity index (χ0) is 18.4. The van der Waals surface area contributed by atoms with Crippen LogP contribution in [-0.2, 0) is 19.1 Å². The van der Waals surface area contributed by atoms with E-state index in [0.717, 1.165) is 0 Å². The Labute approximate surface area is 145 Å². The minimum absolute atomic E-state index is 0.232. The zero-order valence-corrected chi connectivity index (χ0v) is 14.5. The maximum absolute atomic E-state index is 14.4. The van der Waals surface area contributed by atoms with Gasteiger partial charge in [0.1, 0.15) is 23.7 Å². The summed E-state index contributed by atoms with van der Waals surface area (Å²) in [6.07, 6.45) is 0.308. The predicted molar refractivity (Wildman–Crippen MR) is 85.5 cm³/mol. The average molecular weight is 349 g/mol. The number of ether oxygens (including phenoxy) is 1. The van der Waals surface area contributed by atoms with Crippen molar-refractivity contribution in [3.8, 4) is 0 Å². The fourth-order valence-electron chi connectivity index (χ4n) is 4.39. The topological polar surface area (TPSA) is 80.3 Å². The molecular formula is C18H22FN2O4+. The molecule has 2 N–H and O–H groups in total. The second-order valence-corrected chi connectivity index (χ2v) is 6.52. The number of carbonyl (C=O) groups is 3. The van der Waals surface area contributed by atoms with Crippen LogP contribution in [-0.4, -0.2) is 41.9 Å². The number of fused-ring (bicyclic) bond motifs is 1. The Bertz CT molecular complexity index is 738. The summed E-state index contributed by atoms with van der Waals surface area (Å²) >= 11 is 0. The monoisotopic (exact) mass is 349 g/mol. The fraction of sp³-hybridized carbons (Fsp3) is 0.500. The third-order valence-electron chi connectivity index (χ3n) is 5.59. The largest absolute Gasteiger partial charge is 0.464 e. The second kappa shape index (κ2) is 6.22. The highest BCUT2D eigenvalue weighted by molar-refractivity contribution is 6.08. The molecule has 25 heavy (non-hydrogen) atoms. The van der Waals surface area contributed by atoms with Crippen molar-refractivity contribution in [2.24, 2.45) is 11.8 Å². The van der Waals surface area contributed by atoms with E-state index in [1.54, 1.807) is 37.4 Å². The number of amides is 2. The molecule has 0 spiro atoms. The van der Waals surface area contributed by atoms with E-state index in [1.165, 1.54) is 18.1 Å². The minimum atomic E-state index is -1.22. The maximum atomic E-state index is 14.4. The molecule has 3 rings (SSSR count).